The van der Waals surface area contributed by atoms with E-state index in [0.717, 1.165) is 41.8 Å². The first-order valence-electron chi connectivity index (χ1n) is 9.33. The van der Waals surface area contributed by atoms with Crippen LogP contribution in [0.15, 0.2) is 39.7 Å². The second kappa shape index (κ2) is 10.2. The molecule has 0 spiro atoms. The lowest BCUT2D eigenvalue weighted by Crippen LogP contribution is -2.43. The molecule has 0 bridgehead atoms. The number of hydrogen-bond donors (Lipinski definition) is 2. The highest BCUT2D eigenvalue weighted by atomic mass is 127. The first-order chi connectivity index (χ1) is 12.2. The van der Waals surface area contributed by atoms with Crippen molar-refractivity contribution in [3.8, 4) is 0 Å². The van der Waals surface area contributed by atoms with E-state index < -0.39 is 0 Å². The average molecular weight is 470 g/mol. The summed E-state index contributed by atoms with van der Waals surface area (Å²) in [4.78, 5) is 6.80. The third-order valence-corrected chi connectivity index (χ3v) is 5.15. The molecule has 3 rings (SSSR count). The normalized spacial score (nSPS) is 16.7. The molecule has 26 heavy (non-hydrogen) atoms. The number of para-hydroxylation sites is 1. The largest absolute Gasteiger partial charge is 0.459 e. The van der Waals surface area contributed by atoms with Crippen molar-refractivity contribution >= 4 is 40.9 Å². The minimum Gasteiger partial charge on any atom is -0.459 e. The fourth-order valence-electron chi connectivity index (χ4n) is 3.56. The van der Waals surface area contributed by atoms with Crippen LogP contribution in [-0.2, 0) is 0 Å². The second-order valence-corrected chi connectivity index (χ2v) is 6.97. The van der Waals surface area contributed by atoms with Gasteiger partial charge < -0.3 is 20.0 Å². The predicted octanol–water partition coefficient (Wildman–Crippen LogP) is 4.15. The fraction of sp³-hybridized carbons (Fsp3) is 0.550. The Balaban J connectivity index is 0.00000243. The summed E-state index contributed by atoms with van der Waals surface area (Å²) in [7, 11) is 4.03. The Kier molecular flexibility index (Phi) is 8.21. The van der Waals surface area contributed by atoms with Crippen LogP contribution in [0.5, 0.6) is 0 Å². The van der Waals surface area contributed by atoms with Gasteiger partial charge in [-0.2, -0.15) is 0 Å². The molecule has 0 saturated heterocycles. The molecule has 0 aliphatic heterocycles. The van der Waals surface area contributed by atoms with Gasteiger partial charge >= 0.3 is 0 Å². The van der Waals surface area contributed by atoms with Gasteiger partial charge in [0.15, 0.2) is 5.96 Å². The van der Waals surface area contributed by atoms with Gasteiger partial charge in [-0.1, -0.05) is 31.0 Å². The van der Waals surface area contributed by atoms with Gasteiger partial charge in [-0.3, -0.25) is 4.99 Å². The number of hydrogen-bond acceptors (Lipinski definition) is 3. The molecule has 0 radical (unpaired) electrons. The van der Waals surface area contributed by atoms with Gasteiger partial charge in [-0.05, 0) is 38.9 Å². The highest BCUT2D eigenvalue weighted by Crippen LogP contribution is 2.23. The van der Waals surface area contributed by atoms with Gasteiger partial charge in [0, 0.05) is 31.6 Å². The molecule has 1 aliphatic rings. The van der Waals surface area contributed by atoms with Crippen molar-refractivity contribution in [2.45, 2.75) is 44.7 Å². The number of likely N-dealkylation sites (N-methyl/N-ethyl adjacent to an activating group) is 1. The monoisotopic (exact) mass is 470 g/mol. The Morgan fingerprint density at radius 1 is 1.31 bits per heavy atom. The minimum atomic E-state index is 0. The number of nitrogens with zero attached hydrogens (tertiary/aromatic N) is 2. The van der Waals surface area contributed by atoms with Crippen molar-refractivity contribution in [3.63, 3.8) is 0 Å². The van der Waals surface area contributed by atoms with Crippen molar-refractivity contribution in [3.05, 3.63) is 36.1 Å². The van der Waals surface area contributed by atoms with E-state index in [1.54, 1.807) is 7.05 Å². The smallest absolute Gasteiger partial charge is 0.191 e. The summed E-state index contributed by atoms with van der Waals surface area (Å²) < 4.78 is 5.93. The van der Waals surface area contributed by atoms with E-state index in [2.05, 4.69) is 46.6 Å². The van der Waals surface area contributed by atoms with Crippen LogP contribution in [0.1, 0.15) is 44.4 Å². The summed E-state index contributed by atoms with van der Waals surface area (Å²) in [5.74, 6) is 1.74. The molecule has 2 aromatic rings. The van der Waals surface area contributed by atoms with Crippen molar-refractivity contribution < 1.29 is 4.42 Å². The molecule has 1 saturated carbocycles. The minimum absolute atomic E-state index is 0. The Morgan fingerprint density at radius 3 is 2.73 bits per heavy atom. The number of furan rings is 1. The highest BCUT2D eigenvalue weighted by Gasteiger charge is 2.19. The summed E-state index contributed by atoms with van der Waals surface area (Å²) in [5, 5.41) is 7.96. The summed E-state index contributed by atoms with van der Waals surface area (Å²) in [6.45, 7) is 4.01. The van der Waals surface area contributed by atoms with Crippen molar-refractivity contribution in [1.82, 2.24) is 15.5 Å². The zero-order chi connectivity index (χ0) is 17.6. The van der Waals surface area contributed by atoms with Crippen LogP contribution in [0.4, 0.5) is 0 Å². The third kappa shape index (κ3) is 5.36. The molecule has 1 aromatic heterocycles. The van der Waals surface area contributed by atoms with E-state index in [9.17, 15) is 0 Å². The van der Waals surface area contributed by atoms with Crippen LogP contribution in [0.2, 0.25) is 0 Å². The number of guanidine groups is 1. The lowest BCUT2D eigenvalue weighted by atomic mass is 10.2. The summed E-state index contributed by atoms with van der Waals surface area (Å²) in [5.41, 5.74) is 0.923. The Bertz CT molecular complexity index is 676. The molecular weight excluding hydrogens is 439 g/mol. The molecule has 1 aliphatic carbocycles. The SMILES string of the molecule is CN=C(NCCN(C)C1CCCC1)NC(C)c1cc2ccccc2o1.I. The van der Waals surface area contributed by atoms with Gasteiger partial charge in [-0.25, -0.2) is 0 Å². The Morgan fingerprint density at radius 2 is 2.04 bits per heavy atom. The van der Waals surface area contributed by atoms with Crippen LogP contribution < -0.4 is 10.6 Å². The van der Waals surface area contributed by atoms with E-state index in [1.165, 1.54) is 25.7 Å². The highest BCUT2D eigenvalue weighted by molar-refractivity contribution is 14.0. The number of nitrogens with one attached hydrogen (secondary N) is 2. The number of rotatable bonds is 6. The van der Waals surface area contributed by atoms with Crippen molar-refractivity contribution in [1.29, 1.82) is 0 Å². The van der Waals surface area contributed by atoms with Crippen LogP contribution in [0.25, 0.3) is 11.0 Å². The predicted molar refractivity (Wildman–Crippen MR) is 119 cm³/mol. The number of benzene rings is 1. The molecular formula is C20H31IN4O. The van der Waals surface area contributed by atoms with E-state index in [1.807, 2.05) is 18.2 Å². The zero-order valence-electron chi connectivity index (χ0n) is 16.0. The molecule has 1 atom stereocenters. The lowest BCUT2D eigenvalue weighted by Gasteiger charge is -2.24. The molecule has 1 fully saturated rings. The molecule has 1 heterocycles. The molecule has 5 nitrogen and oxygen atoms in total. The van der Waals surface area contributed by atoms with Crippen LogP contribution in [-0.4, -0.2) is 44.1 Å². The topological polar surface area (TPSA) is 52.8 Å². The maximum atomic E-state index is 5.93. The average Bonchev–Trinajstić information content (AvgIpc) is 3.29. The van der Waals surface area contributed by atoms with Gasteiger partial charge in [0.25, 0.3) is 0 Å². The second-order valence-electron chi connectivity index (χ2n) is 6.97. The summed E-state index contributed by atoms with van der Waals surface area (Å²) >= 11 is 0. The molecule has 144 valence electrons. The first-order valence-corrected chi connectivity index (χ1v) is 9.33. The zero-order valence-corrected chi connectivity index (χ0v) is 18.3. The van der Waals surface area contributed by atoms with Crippen LogP contribution in [0, 0.1) is 0 Å². The molecule has 1 aromatic carbocycles. The standard InChI is InChI=1S/C20H30N4O.HI/c1-15(19-14-16-8-4-7-11-18(16)25-19)23-20(21-2)22-12-13-24(3)17-9-5-6-10-17;/h4,7-8,11,14-15,17H,5-6,9-10,12-13H2,1-3H3,(H2,21,22,23);1H. The summed E-state index contributed by atoms with van der Waals surface area (Å²) in [6, 6.07) is 11.0. The number of aliphatic imine (C=N–C) groups is 1. The van der Waals surface area contributed by atoms with E-state index in [4.69, 9.17) is 4.42 Å². The van der Waals surface area contributed by atoms with Crippen LogP contribution >= 0.6 is 24.0 Å². The quantitative estimate of drug-likeness (QED) is 0.379. The Hall–Kier alpha value is -1.28. The summed E-state index contributed by atoms with van der Waals surface area (Å²) in [6.07, 6.45) is 5.43. The molecule has 2 N–H and O–H groups in total. The molecule has 6 heteroatoms. The Labute approximate surface area is 173 Å². The maximum absolute atomic E-state index is 5.93. The van der Waals surface area contributed by atoms with Crippen molar-refractivity contribution in [2.24, 2.45) is 4.99 Å². The maximum Gasteiger partial charge on any atom is 0.191 e. The number of halogens is 1. The fourth-order valence-corrected chi connectivity index (χ4v) is 3.56. The van der Waals surface area contributed by atoms with Crippen molar-refractivity contribution in [2.75, 3.05) is 27.2 Å². The van der Waals surface area contributed by atoms with Gasteiger partial charge in [-0.15, -0.1) is 24.0 Å². The first kappa shape index (κ1) is 21.0. The van der Waals surface area contributed by atoms with E-state index in [-0.39, 0.29) is 30.0 Å². The van der Waals surface area contributed by atoms with Gasteiger partial charge in [0.2, 0.25) is 0 Å². The third-order valence-electron chi connectivity index (χ3n) is 5.15. The molecule has 0 amide bonds. The van der Waals surface area contributed by atoms with Crippen LogP contribution in [0.3, 0.4) is 0 Å². The number of fused-ring (bicyclic) bond motifs is 1. The van der Waals surface area contributed by atoms with E-state index >= 15 is 0 Å². The molecule has 1 unspecified atom stereocenters. The van der Waals surface area contributed by atoms with E-state index in [0.29, 0.717) is 0 Å². The lowest BCUT2D eigenvalue weighted by molar-refractivity contribution is 0.249. The van der Waals surface area contributed by atoms with Gasteiger partial charge in [0.05, 0.1) is 6.04 Å². The van der Waals surface area contributed by atoms with Gasteiger partial charge in [0.1, 0.15) is 11.3 Å².